The Bertz CT molecular complexity index is 954. The molecule has 0 aromatic heterocycles. The maximum Gasteiger partial charge on any atom is 0.336 e. The molecule has 0 aliphatic heterocycles. The molecule has 0 spiro atoms. The zero-order chi connectivity index (χ0) is 18.7. The third kappa shape index (κ3) is 4.49. The summed E-state index contributed by atoms with van der Waals surface area (Å²) in [7, 11) is -4.07. The summed E-state index contributed by atoms with van der Waals surface area (Å²) in [6.07, 6.45) is 0. The van der Waals surface area contributed by atoms with E-state index in [0.717, 1.165) is 24.3 Å². The van der Waals surface area contributed by atoms with Gasteiger partial charge in [0.25, 0.3) is 0 Å². The summed E-state index contributed by atoms with van der Waals surface area (Å²) in [5.41, 5.74) is 2.17. The van der Waals surface area contributed by atoms with Crippen molar-refractivity contribution in [2.45, 2.75) is 18.7 Å². The van der Waals surface area contributed by atoms with Gasteiger partial charge >= 0.3 is 30.4 Å². The highest BCUT2D eigenvalue weighted by Crippen LogP contribution is 2.11. The van der Waals surface area contributed by atoms with E-state index in [1.54, 1.807) is 0 Å². The Morgan fingerprint density at radius 1 is 0.808 bits per heavy atom. The molecule has 135 valence electrons. The number of halogens is 2. The summed E-state index contributed by atoms with van der Waals surface area (Å²) >= 11 is -2.73. The number of aryl methyl sites for hydroxylation is 2. The van der Waals surface area contributed by atoms with E-state index < -0.39 is 36.2 Å². The molecule has 1 radical (unpaired) electrons. The average molecular weight is 484 g/mol. The molecule has 3 aromatic rings. The number of rotatable bonds is 5. The molecule has 0 saturated heterocycles. The maximum atomic E-state index is 13.5. The van der Waals surface area contributed by atoms with Gasteiger partial charge in [-0.05, 0) is 58.8 Å². The van der Waals surface area contributed by atoms with E-state index in [9.17, 15) is 12.8 Å². The molecule has 0 aliphatic rings. The van der Waals surface area contributed by atoms with E-state index in [1.165, 1.54) is 18.2 Å². The van der Waals surface area contributed by atoms with Crippen LogP contribution in [0.1, 0.15) is 11.1 Å². The molecule has 0 amide bonds. The lowest BCUT2D eigenvalue weighted by molar-refractivity contribution is -1.03. The number of hydrogen-bond donors (Lipinski definition) is 0. The van der Waals surface area contributed by atoms with Gasteiger partial charge in [0.2, 0.25) is 0 Å². The van der Waals surface area contributed by atoms with Gasteiger partial charge in [-0.1, -0.05) is 41.5 Å². The second kappa shape index (κ2) is 7.85. The van der Waals surface area contributed by atoms with E-state index in [-0.39, 0.29) is 4.90 Å². The molecular weight excluding hydrogens is 466 g/mol. The largest absolute Gasteiger partial charge is 0.336 e. The van der Waals surface area contributed by atoms with Crippen molar-refractivity contribution in [2.75, 3.05) is 0 Å². The minimum atomic E-state index is -4.07. The lowest BCUT2D eigenvalue weighted by Gasteiger charge is -2.07. The predicted molar refractivity (Wildman–Crippen MR) is 94.4 cm³/mol. The molecule has 0 saturated carbocycles. The quantitative estimate of drug-likeness (QED) is 0.515. The Morgan fingerprint density at radius 3 is 1.77 bits per heavy atom. The highest BCUT2D eigenvalue weighted by atomic mass is 127. The topological polar surface area (TPSA) is 43.4 Å². The zero-order valence-corrected chi connectivity index (χ0v) is 17.3. The Kier molecular flexibility index (Phi) is 5.74. The Labute approximate surface area is 160 Å². The van der Waals surface area contributed by atoms with Gasteiger partial charge in [0, 0.05) is 0 Å². The third-order valence-electron chi connectivity index (χ3n) is 3.65. The van der Waals surface area contributed by atoms with E-state index in [0.29, 0.717) is 0 Å². The van der Waals surface area contributed by atoms with Gasteiger partial charge in [-0.3, -0.25) is 0 Å². The molecule has 26 heavy (non-hydrogen) atoms. The highest BCUT2D eigenvalue weighted by molar-refractivity contribution is 7.86. The van der Waals surface area contributed by atoms with Crippen LogP contribution in [-0.4, -0.2) is 8.42 Å². The van der Waals surface area contributed by atoms with E-state index in [4.69, 9.17) is 2.51 Å². The van der Waals surface area contributed by atoms with Crippen LogP contribution < -0.4 is 20.2 Å². The van der Waals surface area contributed by atoms with Crippen LogP contribution in [0.25, 0.3) is 0 Å². The molecule has 0 aliphatic carbocycles. The summed E-state index contributed by atoms with van der Waals surface area (Å²) < 4.78 is 46.3. The van der Waals surface area contributed by atoms with Crippen LogP contribution in [0, 0.1) is 26.8 Å². The minimum Gasteiger partial charge on any atom is -0.207 e. The molecule has 3 aromatic carbocycles. The van der Waals surface area contributed by atoms with Crippen LogP contribution in [0.4, 0.5) is 4.39 Å². The third-order valence-corrected chi connectivity index (χ3v) is 11.0. The van der Waals surface area contributed by atoms with Gasteiger partial charge < -0.3 is 0 Å². The molecule has 0 unspecified atom stereocenters. The van der Waals surface area contributed by atoms with Gasteiger partial charge in [0.1, 0.15) is 10.7 Å². The molecule has 3 rings (SSSR count). The van der Waals surface area contributed by atoms with Gasteiger partial charge in [-0.2, -0.15) is 8.42 Å². The van der Waals surface area contributed by atoms with Crippen LogP contribution in [-0.2, 0) is 12.6 Å². The fourth-order valence-electron chi connectivity index (χ4n) is 2.24. The van der Waals surface area contributed by atoms with Crippen molar-refractivity contribution in [2.24, 2.45) is 0 Å². The lowest BCUT2D eigenvalue weighted by Crippen LogP contribution is -3.85. The fourth-order valence-corrected chi connectivity index (χ4v) is 9.16. The molecule has 0 heterocycles. The standard InChI is InChI=1S/C20H18FIO3S/c1-15-6-10-18(11-7-15)22(19-12-8-16(2)9-13-19)25-26(23,24)20-5-3-4-17(21)14-20/h3-14H,1-2H3/q+1. The summed E-state index contributed by atoms with van der Waals surface area (Å²) in [6, 6.07) is 20.3. The molecule has 0 fully saturated rings. The first-order valence-corrected chi connectivity index (χ1v) is 12.3. The van der Waals surface area contributed by atoms with Crippen molar-refractivity contribution in [1.29, 1.82) is 0 Å². The summed E-state index contributed by atoms with van der Waals surface area (Å²) in [6.45, 7) is 3.94. The van der Waals surface area contributed by atoms with Gasteiger partial charge in [0.15, 0.2) is 7.14 Å². The lowest BCUT2D eigenvalue weighted by atomic mass is 10.2. The van der Waals surface area contributed by atoms with Crippen LogP contribution >= 0.6 is 0 Å². The fraction of sp³-hybridized carbons (Fsp3) is 0.100. The van der Waals surface area contributed by atoms with Gasteiger partial charge in [-0.15, -0.1) is 0 Å². The van der Waals surface area contributed by atoms with Crippen LogP contribution in [0.15, 0.2) is 77.7 Å². The van der Waals surface area contributed by atoms with Gasteiger partial charge in [-0.25, -0.2) is 4.39 Å². The summed E-state index contributed by atoms with van der Waals surface area (Å²) in [5.74, 6) is -0.610. The van der Waals surface area contributed by atoms with E-state index >= 15 is 0 Å². The normalized spacial score (nSPS) is 11.7. The van der Waals surface area contributed by atoms with Crippen LogP contribution in [0.3, 0.4) is 0 Å². The van der Waals surface area contributed by atoms with Crippen LogP contribution in [0.2, 0.25) is 0 Å². The molecular formula is C20H18FIO3S+. The van der Waals surface area contributed by atoms with Crippen molar-refractivity contribution in [3.05, 3.63) is 96.9 Å². The minimum absolute atomic E-state index is 0.168. The number of benzene rings is 3. The Balaban J connectivity index is 2.03. The second-order valence-electron chi connectivity index (χ2n) is 5.81. The predicted octanol–water partition coefficient (Wildman–Crippen LogP) is 1.43. The van der Waals surface area contributed by atoms with Crippen molar-refractivity contribution < 1.29 is 35.6 Å². The average Bonchev–Trinajstić information content (AvgIpc) is 2.61. The van der Waals surface area contributed by atoms with Gasteiger partial charge in [0.05, 0.1) is 0 Å². The second-order valence-corrected chi connectivity index (χ2v) is 12.3. The van der Waals surface area contributed by atoms with Crippen molar-refractivity contribution in [3.63, 3.8) is 0 Å². The summed E-state index contributed by atoms with van der Waals surface area (Å²) in [4.78, 5) is -0.168. The van der Waals surface area contributed by atoms with Crippen LogP contribution in [0.5, 0.6) is 0 Å². The zero-order valence-electron chi connectivity index (χ0n) is 14.3. The molecule has 0 bridgehead atoms. The Hall–Kier alpha value is -1.77. The molecule has 6 heteroatoms. The summed E-state index contributed by atoms with van der Waals surface area (Å²) in [5, 5.41) is 0. The maximum absolute atomic E-state index is 13.5. The molecule has 0 atom stereocenters. The Morgan fingerprint density at radius 2 is 1.31 bits per heavy atom. The monoisotopic (exact) mass is 484 g/mol. The molecule has 3 nitrogen and oxygen atoms in total. The first kappa shape index (κ1) is 19.0. The van der Waals surface area contributed by atoms with E-state index in [2.05, 4.69) is 0 Å². The SMILES string of the molecule is Cc1ccc([I+](OS(=O)(=O)c2cccc(F)c2)c2ccc(C)cc2)cc1. The number of hydrogen-bond acceptors (Lipinski definition) is 3. The smallest absolute Gasteiger partial charge is 0.207 e. The first-order valence-electron chi connectivity index (χ1n) is 7.89. The van der Waals surface area contributed by atoms with E-state index in [1.807, 2.05) is 62.4 Å². The molecule has 0 N–H and O–H groups in total. The highest BCUT2D eigenvalue weighted by Gasteiger charge is 2.37. The van der Waals surface area contributed by atoms with Crippen molar-refractivity contribution in [3.8, 4) is 0 Å². The van der Waals surface area contributed by atoms with Crippen molar-refractivity contribution >= 4 is 10.1 Å². The first-order chi connectivity index (χ1) is 12.3. The van der Waals surface area contributed by atoms with Crippen molar-refractivity contribution in [1.82, 2.24) is 0 Å².